The second-order valence-corrected chi connectivity index (χ2v) is 6.07. The highest BCUT2D eigenvalue weighted by atomic mass is 31.2. The minimum absolute atomic E-state index is 0.202. The van der Waals surface area contributed by atoms with Crippen LogP contribution < -0.4 is 0 Å². The van der Waals surface area contributed by atoms with Gasteiger partial charge in [0.2, 0.25) is 0 Å². The molecule has 0 aliphatic carbocycles. The van der Waals surface area contributed by atoms with Gasteiger partial charge in [0.25, 0.3) is 0 Å². The van der Waals surface area contributed by atoms with Crippen molar-refractivity contribution in [3.63, 3.8) is 0 Å². The third kappa shape index (κ3) is 5.98. The summed E-state index contributed by atoms with van der Waals surface area (Å²) in [6.45, 7) is 6.17. The second kappa shape index (κ2) is 8.22. The van der Waals surface area contributed by atoms with Crippen molar-refractivity contribution in [3.8, 4) is 0 Å². The number of hydrogen-bond acceptors (Lipinski definition) is 5. The van der Waals surface area contributed by atoms with Gasteiger partial charge in [-0.2, -0.15) is 0 Å². The van der Waals surface area contributed by atoms with E-state index in [2.05, 4.69) is 0 Å². The smallest absolute Gasteiger partial charge is 0.332 e. The zero-order valence-electron chi connectivity index (χ0n) is 10.7. The number of hydrogen-bond donors (Lipinski definition) is 0. The first-order valence-corrected chi connectivity index (χ1v) is 8.00. The molecule has 1 fully saturated rings. The van der Waals surface area contributed by atoms with E-state index in [9.17, 15) is 4.57 Å². The fourth-order valence-corrected chi connectivity index (χ4v) is 3.20. The summed E-state index contributed by atoms with van der Waals surface area (Å²) < 4.78 is 33.3. The van der Waals surface area contributed by atoms with Crippen LogP contribution in [0.2, 0.25) is 0 Å². The zero-order chi connectivity index (χ0) is 12.6. The van der Waals surface area contributed by atoms with Crippen molar-refractivity contribution in [2.45, 2.75) is 32.8 Å². The Balaban J connectivity index is 2.15. The standard InChI is InChI=1S/C11H23O5P/c1-3-15-17(12,16-4-2)9-8-13-10-11-6-5-7-14-11/h11H,3-10H2,1-2H3. The van der Waals surface area contributed by atoms with E-state index in [1.165, 1.54) is 0 Å². The van der Waals surface area contributed by atoms with Crippen molar-refractivity contribution in [3.05, 3.63) is 0 Å². The van der Waals surface area contributed by atoms with Crippen molar-refractivity contribution < 1.29 is 23.1 Å². The maximum Gasteiger partial charge on any atom is 0.332 e. The first-order valence-electron chi connectivity index (χ1n) is 6.27. The molecule has 6 heteroatoms. The Labute approximate surface area is 103 Å². The van der Waals surface area contributed by atoms with Gasteiger partial charge in [0, 0.05) is 6.61 Å². The van der Waals surface area contributed by atoms with Crippen molar-refractivity contribution in [1.29, 1.82) is 0 Å². The predicted molar refractivity (Wildman–Crippen MR) is 65.5 cm³/mol. The molecule has 102 valence electrons. The van der Waals surface area contributed by atoms with Gasteiger partial charge in [0.15, 0.2) is 0 Å². The predicted octanol–water partition coefficient (Wildman–Crippen LogP) is 2.45. The molecule has 1 atom stereocenters. The van der Waals surface area contributed by atoms with Gasteiger partial charge in [0.1, 0.15) is 0 Å². The summed E-state index contributed by atoms with van der Waals surface area (Å²) >= 11 is 0. The summed E-state index contributed by atoms with van der Waals surface area (Å²) in [5, 5.41) is 0. The van der Waals surface area contributed by atoms with Gasteiger partial charge < -0.3 is 18.5 Å². The van der Waals surface area contributed by atoms with Crippen molar-refractivity contribution in [2.24, 2.45) is 0 Å². The molecule has 1 heterocycles. The van der Waals surface area contributed by atoms with Gasteiger partial charge in [-0.15, -0.1) is 0 Å². The van der Waals surface area contributed by atoms with Crippen LogP contribution in [0.1, 0.15) is 26.7 Å². The van der Waals surface area contributed by atoms with E-state index in [-0.39, 0.29) is 6.10 Å². The summed E-state index contributed by atoms with van der Waals surface area (Å²) in [6, 6.07) is 0. The van der Waals surface area contributed by atoms with Crippen LogP contribution in [0.3, 0.4) is 0 Å². The van der Waals surface area contributed by atoms with Crippen LogP contribution in [0, 0.1) is 0 Å². The van der Waals surface area contributed by atoms with Gasteiger partial charge in [-0.25, -0.2) is 0 Å². The SMILES string of the molecule is CCOP(=O)(CCOCC1CCCO1)OCC. The highest BCUT2D eigenvalue weighted by Gasteiger charge is 2.23. The van der Waals surface area contributed by atoms with Crippen molar-refractivity contribution >= 4 is 7.60 Å². The molecule has 0 amide bonds. The van der Waals surface area contributed by atoms with Crippen LogP contribution in [0.4, 0.5) is 0 Å². The lowest BCUT2D eigenvalue weighted by atomic mass is 10.2. The van der Waals surface area contributed by atoms with E-state index in [1.54, 1.807) is 13.8 Å². The summed E-state index contributed by atoms with van der Waals surface area (Å²) in [5.41, 5.74) is 0. The lowest BCUT2D eigenvalue weighted by molar-refractivity contribution is 0.0210. The van der Waals surface area contributed by atoms with E-state index in [0.29, 0.717) is 32.6 Å². The second-order valence-electron chi connectivity index (χ2n) is 3.88. The summed E-state index contributed by atoms with van der Waals surface area (Å²) in [6.07, 6.45) is 2.66. The summed E-state index contributed by atoms with van der Waals surface area (Å²) in [5.74, 6) is 0. The first kappa shape index (κ1) is 15.1. The van der Waals surface area contributed by atoms with E-state index in [0.717, 1.165) is 19.4 Å². The molecular formula is C11H23O5P. The fraction of sp³-hybridized carbons (Fsp3) is 1.00. The highest BCUT2D eigenvalue weighted by molar-refractivity contribution is 7.53. The molecule has 0 saturated carbocycles. The summed E-state index contributed by atoms with van der Waals surface area (Å²) in [4.78, 5) is 0. The van der Waals surface area contributed by atoms with Crippen LogP contribution in [0.5, 0.6) is 0 Å². The molecule has 0 N–H and O–H groups in total. The first-order chi connectivity index (χ1) is 8.20. The van der Waals surface area contributed by atoms with Gasteiger partial charge in [0.05, 0.1) is 38.7 Å². The molecular weight excluding hydrogens is 243 g/mol. The fourth-order valence-electron chi connectivity index (χ4n) is 1.73. The average Bonchev–Trinajstić information content (AvgIpc) is 2.78. The van der Waals surface area contributed by atoms with Gasteiger partial charge in [-0.1, -0.05) is 0 Å². The van der Waals surface area contributed by atoms with Crippen LogP contribution >= 0.6 is 7.60 Å². The molecule has 1 rings (SSSR count). The van der Waals surface area contributed by atoms with Crippen LogP contribution in [0.25, 0.3) is 0 Å². The Morgan fingerprint density at radius 2 is 2.00 bits per heavy atom. The van der Waals surface area contributed by atoms with E-state index < -0.39 is 7.60 Å². The maximum absolute atomic E-state index is 12.1. The molecule has 0 radical (unpaired) electrons. The van der Waals surface area contributed by atoms with Crippen molar-refractivity contribution in [1.82, 2.24) is 0 Å². The van der Waals surface area contributed by atoms with Gasteiger partial charge >= 0.3 is 7.60 Å². The minimum Gasteiger partial charge on any atom is -0.378 e. The molecule has 1 unspecified atom stereocenters. The molecule has 1 saturated heterocycles. The lowest BCUT2D eigenvalue weighted by Crippen LogP contribution is -2.16. The normalized spacial score (nSPS) is 20.9. The molecule has 0 aromatic heterocycles. The largest absolute Gasteiger partial charge is 0.378 e. The molecule has 1 aliphatic heterocycles. The molecule has 0 spiro atoms. The van der Waals surface area contributed by atoms with Crippen LogP contribution in [-0.2, 0) is 23.1 Å². The van der Waals surface area contributed by atoms with Crippen molar-refractivity contribution in [2.75, 3.05) is 39.2 Å². The molecule has 0 aromatic rings. The molecule has 1 aliphatic rings. The lowest BCUT2D eigenvalue weighted by Gasteiger charge is -2.17. The Bertz CT molecular complexity index is 230. The van der Waals surface area contributed by atoms with Gasteiger partial charge in [-0.05, 0) is 26.7 Å². The average molecular weight is 266 g/mol. The Morgan fingerprint density at radius 1 is 1.29 bits per heavy atom. The van der Waals surface area contributed by atoms with E-state index in [1.807, 2.05) is 0 Å². The Hall–Kier alpha value is 0.0700. The van der Waals surface area contributed by atoms with E-state index >= 15 is 0 Å². The molecule has 0 aromatic carbocycles. The van der Waals surface area contributed by atoms with Crippen LogP contribution in [0.15, 0.2) is 0 Å². The minimum atomic E-state index is -2.95. The zero-order valence-corrected chi connectivity index (χ0v) is 11.6. The highest BCUT2D eigenvalue weighted by Crippen LogP contribution is 2.47. The third-order valence-electron chi connectivity index (χ3n) is 2.49. The maximum atomic E-state index is 12.1. The Kier molecular flexibility index (Phi) is 7.32. The molecule has 17 heavy (non-hydrogen) atoms. The van der Waals surface area contributed by atoms with Gasteiger partial charge in [-0.3, -0.25) is 4.57 Å². The van der Waals surface area contributed by atoms with E-state index in [4.69, 9.17) is 18.5 Å². The monoisotopic (exact) mass is 266 g/mol. The van der Waals surface area contributed by atoms with Crippen LogP contribution in [-0.4, -0.2) is 45.3 Å². The Morgan fingerprint density at radius 3 is 2.53 bits per heavy atom. The molecule has 5 nitrogen and oxygen atoms in total. The topological polar surface area (TPSA) is 54.0 Å². The quantitative estimate of drug-likeness (QED) is 0.474. The number of rotatable bonds is 9. The molecule has 0 bridgehead atoms. The number of ether oxygens (including phenoxy) is 2. The summed E-state index contributed by atoms with van der Waals surface area (Å²) in [7, 11) is -2.95. The third-order valence-corrected chi connectivity index (χ3v) is 4.52.